The topological polar surface area (TPSA) is 124 Å². The Morgan fingerprint density at radius 3 is 1.97 bits per heavy atom. The molecular weight excluding hydrogens is 536 g/mol. The molecule has 5 atom stereocenters. The van der Waals surface area contributed by atoms with Crippen molar-refractivity contribution in [1.29, 1.82) is 0 Å². The maximum Gasteiger partial charge on any atom is 0.303 e. The van der Waals surface area contributed by atoms with Crippen LogP contribution in [-0.4, -0.2) is 72.7 Å². The van der Waals surface area contributed by atoms with E-state index in [1.165, 1.54) is 39.5 Å². The Balaban J connectivity index is 2.20. The highest BCUT2D eigenvalue weighted by molar-refractivity contribution is 9.10. The molecule has 1 aromatic rings. The van der Waals surface area contributed by atoms with Crippen LogP contribution in [0.3, 0.4) is 0 Å². The molecule has 188 valence electrons. The quantitative estimate of drug-likeness (QED) is 0.237. The molecule has 0 saturated carbocycles. The van der Waals surface area contributed by atoms with Gasteiger partial charge >= 0.3 is 23.9 Å². The van der Waals surface area contributed by atoms with Crippen molar-refractivity contribution in [2.24, 2.45) is 0 Å². The van der Waals surface area contributed by atoms with E-state index in [-0.39, 0.29) is 6.61 Å². The molecular formula is C22H27BrO10S. The van der Waals surface area contributed by atoms with Crippen molar-refractivity contribution in [2.45, 2.75) is 57.5 Å². The van der Waals surface area contributed by atoms with Crippen molar-refractivity contribution < 1.29 is 47.6 Å². The summed E-state index contributed by atoms with van der Waals surface area (Å²) in [5.41, 5.74) is -0.825. The van der Waals surface area contributed by atoms with Crippen LogP contribution in [0.25, 0.3) is 0 Å². The van der Waals surface area contributed by atoms with Crippen LogP contribution in [-0.2, 0) is 42.9 Å². The summed E-state index contributed by atoms with van der Waals surface area (Å²) in [7, 11) is 0. The highest BCUT2D eigenvalue weighted by atomic mass is 79.9. The number of halogens is 1. The number of thioether (sulfide) groups is 1. The fourth-order valence-corrected chi connectivity index (χ4v) is 4.48. The number of hydrogen-bond donors (Lipinski definition) is 0. The van der Waals surface area contributed by atoms with E-state index < -0.39 is 53.7 Å². The molecule has 1 heterocycles. The standard InChI is InChI=1S/C22H27BrO10S/c1-12(24)29-11-18-19(30-13(2)25)20(31-14(3)26)21(32-15(4)27)22(33-18)34-10-9-28-17-7-5-16(23)6-8-17/h5-8,18-22H,9-11H2,1-4H3/t18-,19-,20-,21-,22+/m1/s1. The second-order valence-corrected chi connectivity index (χ2v) is 9.36. The van der Waals surface area contributed by atoms with Gasteiger partial charge in [-0.25, -0.2) is 0 Å². The van der Waals surface area contributed by atoms with E-state index in [2.05, 4.69) is 15.9 Å². The summed E-state index contributed by atoms with van der Waals surface area (Å²) in [4.78, 5) is 46.8. The van der Waals surface area contributed by atoms with E-state index in [0.29, 0.717) is 18.1 Å². The van der Waals surface area contributed by atoms with E-state index >= 15 is 0 Å². The van der Waals surface area contributed by atoms with Gasteiger partial charge in [0, 0.05) is 37.9 Å². The number of carbonyl (C=O) groups excluding carboxylic acids is 4. The van der Waals surface area contributed by atoms with Crippen LogP contribution in [0.1, 0.15) is 27.7 Å². The minimum atomic E-state index is -1.18. The molecule has 0 aromatic heterocycles. The first kappa shape index (κ1) is 27.9. The zero-order chi connectivity index (χ0) is 25.3. The fourth-order valence-electron chi connectivity index (χ4n) is 3.18. The fraction of sp³-hybridized carbons (Fsp3) is 0.545. The van der Waals surface area contributed by atoms with Crippen molar-refractivity contribution in [1.82, 2.24) is 0 Å². The number of ether oxygens (including phenoxy) is 6. The van der Waals surface area contributed by atoms with E-state index in [1.807, 2.05) is 24.3 Å². The number of esters is 4. The van der Waals surface area contributed by atoms with Gasteiger partial charge in [-0.05, 0) is 24.3 Å². The second kappa shape index (κ2) is 13.5. The summed E-state index contributed by atoms with van der Waals surface area (Å²) in [5.74, 6) is -1.45. The summed E-state index contributed by atoms with van der Waals surface area (Å²) >= 11 is 4.61. The smallest absolute Gasteiger partial charge is 0.303 e. The Hall–Kier alpha value is -2.31. The molecule has 1 aliphatic rings. The number of benzene rings is 1. The van der Waals surface area contributed by atoms with Gasteiger partial charge in [-0.15, -0.1) is 11.8 Å². The molecule has 0 spiro atoms. The van der Waals surface area contributed by atoms with Crippen LogP contribution < -0.4 is 4.74 Å². The molecule has 34 heavy (non-hydrogen) atoms. The van der Waals surface area contributed by atoms with Crippen molar-refractivity contribution in [2.75, 3.05) is 19.0 Å². The minimum Gasteiger partial charge on any atom is -0.493 e. The Kier molecular flexibility index (Phi) is 11.1. The molecule has 0 bridgehead atoms. The molecule has 0 N–H and O–H groups in total. The van der Waals surface area contributed by atoms with E-state index in [9.17, 15) is 19.2 Å². The summed E-state index contributed by atoms with van der Waals surface area (Å²) in [6, 6.07) is 7.32. The third-order valence-corrected chi connectivity index (χ3v) is 6.03. The van der Waals surface area contributed by atoms with Crippen molar-refractivity contribution in [3.05, 3.63) is 28.7 Å². The van der Waals surface area contributed by atoms with Gasteiger partial charge in [-0.2, -0.15) is 0 Å². The second-order valence-electron chi connectivity index (χ2n) is 7.24. The molecule has 0 radical (unpaired) electrons. The van der Waals surface area contributed by atoms with Gasteiger partial charge in [0.15, 0.2) is 18.3 Å². The largest absolute Gasteiger partial charge is 0.493 e. The lowest BCUT2D eigenvalue weighted by molar-refractivity contribution is -0.237. The summed E-state index contributed by atoms with van der Waals surface area (Å²) in [6.45, 7) is 4.83. The van der Waals surface area contributed by atoms with Gasteiger partial charge < -0.3 is 28.4 Å². The van der Waals surface area contributed by atoms with Crippen LogP contribution in [0.5, 0.6) is 5.75 Å². The van der Waals surface area contributed by atoms with Gasteiger partial charge in [0.25, 0.3) is 0 Å². The maximum atomic E-state index is 11.8. The van der Waals surface area contributed by atoms with Gasteiger partial charge in [0.1, 0.15) is 23.9 Å². The predicted molar refractivity (Wildman–Crippen MR) is 124 cm³/mol. The van der Waals surface area contributed by atoms with E-state index in [1.54, 1.807) is 0 Å². The zero-order valence-corrected chi connectivity index (χ0v) is 21.6. The first-order valence-corrected chi connectivity index (χ1v) is 12.2. The Bertz CT molecular complexity index is 862. The molecule has 12 heteroatoms. The third-order valence-electron chi connectivity index (χ3n) is 4.40. The van der Waals surface area contributed by atoms with Crippen LogP contribution in [0.15, 0.2) is 28.7 Å². The normalized spacial score (nSPS) is 24.0. The Morgan fingerprint density at radius 1 is 0.853 bits per heavy atom. The van der Waals surface area contributed by atoms with Crippen molar-refractivity contribution in [3.63, 3.8) is 0 Å². The monoisotopic (exact) mass is 562 g/mol. The highest BCUT2D eigenvalue weighted by Gasteiger charge is 2.52. The molecule has 1 saturated heterocycles. The van der Waals surface area contributed by atoms with Gasteiger partial charge in [0.2, 0.25) is 0 Å². The first-order chi connectivity index (χ1) is 16.1. The average molecular weight is 563 g/mol. The summed E-state index contributed by atoms with van der Waals surface area (Å²) in [5, 5.41) is 0. The maximum absolute atomic E-state index is 11.8. The van der Waals surface area contributed by atoms with Crippen LogP contribution >= 0.6 is 27.7 Å². The lowest BCUT2D eigenvalue weighted by Gasteiger charge is -2.44. The van der Waals surface area contributed by atoms with Gasteiger partial charge in [0.05, 0.1) is 6.61 Å². The molecule has 0 aliphatic carbocycles. The molecule has 1 fully saturated rings. The average Bonchev–Trinajstić information content (AvgIpc) is 2.74. The number of carbonyl (C=O) groups is 4. The Morgan fingerprint density at radius 2 is 1.41 bits per heavy atom. The predicted octanol–water partition coefficient (Wildman–Crippen LogP) is 2.64. The van der Waals surface area contributed by atoms with Crippen LogP contribution in [0, 0.1) is 0 Å². The van der Waals surface area contributed by atoms with Crippen molar-refractivity contribution >= 4 is 51.6 Å². The SMILES string of the molecule is CC(=O)OC[C@H]1O[C@@H](SCCOc2ccc(Br)cc2)[C@H](OC(C)=O)[C@H](OC(C)=O)[C@@H]1OC(C)=O. The molecule has 10 nitrogen and oxygen atoms in total. The first-order valence-electron chi connectivity index (χ1n) is 10.4. The zero-order valence-electron chi connectivity index (χ0n) is 19.2. The lowest BCUT2D eigenvalue weighted by atomic mass is 9.99. The molecule has 0 amide bonds. The minimum absolute atomic E-state index is 0.260. The highest BCUT2D eigenvalue weighted by Crippen LogP contribution is 2.34. The molecule has 2 rings (SSSR count). The number of rotatable bonds is 10. The summed E-state index contributed by atoms with van der Waals surface area (Å²) in [6.07, 6.45) is -4.39. The van der Waals surface area contributed by atoms with Gasteiger partial charge in [-0.1, -0.05) is 15.9 Å². The number of hydrogen-bond acceptors (Lipinski definition) is 11. The summed E-state index contributed by atoms with van der Waals surface area (Å²) < 4.78 is 33.9. The van der Waals surface area contributed by atoms with Crippen LogP contribution in [0.2, 0.25) is 0 Å². The molecule has 1 aromatic carbocycles. The van der Waals surface area contributed by atoms with Crippen molar-refractivity contribution in [3.8, 4) is 5.75 Å². The molecule has 0 unspecified atom stereocenters. The van der Waals surface area contributed by atoms with E-state index in [4.69, 9.17) is 28.4 Å². The molecule has 1 aliphatic heterocycles. The lowest BCUT2D eigenvalue weighted by Crippen LogP contribution is -2.61. The van der Waals surface area contributed by atoms with Crippen LogP contribution in [0.4, 0.5) is 0 Å². The third kappa shape index (κ3) is 9.15. The Labute approximate surface area is 210 Å². The van der Waals surface area contributed by atoms with Gasteiger partial charge in [-0.3, -0.25) is 19.2 Å². The van der Waals surface area contributed by atoms with E-state index in [0.717, 1.165) is 4.47 Å².